The molecule has 0 radical (unpaired) electrons. The smallest absolute Gasteiger partial charge is 0.220 e. The summed E-state index contributed by atoms with van der Waals surface area (Å²) in [5, 5.41) is 12.0. The van der Waals surface area contributed by atoms with Crippen LogP contribution in [0.5, 0.6) is 0 Å². The Morgan fingerprint density at radius 1 is 1.33 bits per heavy atom. The average Bonchev–Trinajstić information content (AvgIpc) is 3.23. The third-order valence-corrected chi connectivity index (χ3v) is 4.00. The summed E-state index contributed by atoms with van der Waals surface area (Å²) in [7, 11) is 0. The standard InChI is InChI=1S/C18H19FN2O3/c19-14-4-2-13(3-5-14)16-10-20-18(24-16)8-7-17(23)21-15-6-1-12(9-15)11-22/h1-6,10,12,15,22H,7-9,11H2,(H,21,23)/t12-,15+/m0/s1. The van der Waals surface area contributed by atoms with Crippen molar-refractivity contribution in [3.63, 3.8) is 0 Å². The number of carbonyl (C=O) groups excluding carboxylic acids is 1. The van der Waals surface area contributed by atoms with E-state index in [1.807, 2.05) is 12.2 Å². The van der Waals surface area contributed by atoms with Gasteiger partial charge in [-0.25, -0.2) is 9.37 Å². The van der Waals surface area contributed by atoms with Crippen LogP contribution in [0.25, 0.3) is 11.3 Å². The summed E-state index contributed by atoms with van der Waals surface area (Å²) in [5.74, 6) is 0.763. The first-order valence-corrected chi connectivity index (χ1v) is 7.93. The number of nitrogens with zero attached hydrogens (tertiary/aromatic N) is 1. The molecule has 2 aromatic rings. The highest BCUT2D eigenvalue weighted by Gasteiger charge is 2.19. The minimum atomic E-state index is -0.306. The molecule has 1 amide bonds. The first-order chi connectivity index (χ1) is 11.6. The molecule has 0 saturated carbocycles. The van der Waals surface area contributed by atoms with E-state index >= 15 is 0 Å². The lowest BCUT2D eigenvalue weighted by Gasteiger charge is -2.12. The third kappa shape index (κ3) is 4.08. The van der Waals surface area contributed by atoms with Crippen molar-refractivity contribution in [1.29, 1.82) is 0 Å². The van der Waals surface area contributed by atoms with E-state index in [9.17, 15) is 9.18 Å². The highest BCUT2D eigenvalue weighted by Crippen LogP contribution is 2.21. The quantitative estimate of drug-likeness (QED) is 0.798. The molecule has 1 aromatic heterocycles. The van der Waals surface area contributed by atoms with Gasteiger partial charge in [0.2, 0.25) is 5.91 Å². The summed E-state index contributed by atoms with van der Waals surface area (Å²) < 4.78 is 18.5. The second-order valence-corrected chi connectivity index (χ2v) is 5.86. The average molecular weight is 330 g/mol. The number of rotatable bonds is 6. The Kier molecular flexibility index (Phi) is 5.05. The molecule has 2 N–H and O–H groups in total. The first kappa shape index (κ1) is 16.4. The SMILES string of the molecule is O=C(CCc1ncc(-c2ccc(F)cc2)o1)N[C@@H]1C=C[C@H](CO)C1. The topological polar surface area (TPSA) is 75.4 Å². The Morgan fingerprint density at radius 2 is 2.12 bits per heavy atom. The summed E-state index contributed by atoms with van der Waals surface area (Å²) in [6.45, 7) is 0.103. The Morgan fingerprint density at radius 3 is 2.83 bits per heavy atom. The van der Waals surface area contributed by atoms with Crippen LogP contribution in [0.2, 0.25) is 0 Å². The minimum Gasteiger partial charge on any atom is -0.441 e. The van der Waals surface area contributed by atoms with Gasteiger partial charge in [0, 0.05) is 37.0 Å². The van der Waals surface area contributed by atoms with Crippen LogP contribution in [-0.2, 0) is 11.2 Å². The molecule has 1 aliphatic rings. The molecule has 0 fully saturated rings. The molecule has 0 saturated heterocycles. The number of aryl methyl sites for hydroxylation is 1. The van der Waals surface area contributed by atoms with Crippen molar-refractivity contribution in [3.05, 3.63) is 54.3 Å². The van der Waals surface area contributed by atoms with Crippen molar-refractivity contribution in [2.75, 3.05) is 6.61 Å². The second-order valence-electron chi connectivity index (χ2n) is 5.86. The van der Waals surface area contributed by atoms with Crippen LogP contribution in [0, 0.1) is 11.7 Å². The van der Waals surface area contributed by atoms with Crippen LogP contribution in [0.1, 0.15) is 18.7 Å². The third-order valence-electron chi connectivity index (χ3n) is 4.00. The van der Waals surface area contributed by atoms with E-state index in [4.69, 9.17) is 9.52 Å². The van der Waals surface area contributed by atoms with E-state index < -0.39 is 0 Å². The molecule has 0 unspecified atom stereocenters. The van der Waals surface area contributed by atoms with Crippen molar-refractivity contribution in [3.8, 4) is 11.3 Å². The lowest BCUT2D eigenvalue weighted by atomic mass is 10.1. The number of nitrogens with one attached hydrogen (secondary N) is 1. The predicted molar refractivity (Wildman–Crippen MR) is 86.5 cm³/mol. The van der Waals surface area contributed by atoms with Gasteiger partial charge in [0.1, 0.15) is 5.82 Å². The number of benzene rings is 1. The number of aliphatic hydroxyl groups is 1. The van der Waals surface area contributed by atoms with Crippen LogP contribution in [0.3, 0.4) is 0 Å². The number of hydrogen-bond acceptors (Lipinski definition) is 4. The number of aromatic nitrogens is 1. The van der Waals surface area contributed by atoms with Crippen molar-refractivity contribution >= 4 is 5.91 Å². The zero-order valence-electron chi connectivity index (χ0n) is 13.1. The number of carbonyl (C=O) groups is 1. The summed E-state index contributed by atoms with van der Waals surface area (Å²) in [6, 6.07) is 5.94. The summed E-state index contributed by atoms with van der Waals surface area (Å²) >= 11 is 0. The molecule has 126 valence electrons. The number of oxazole rings is 1. The Labute approximate surface area is 139 Å². The predicted octanol–water partition coefficient (Wildman–Crippen LogP) is 2.47. The number of aliphatic hydroxyl groups excluding tert-OH is 1. The van der Waals surface area contributed by atoms with Crippen molar-refractivity contribution in [2.45, 2.75) is 25.3 Å². The lowest BCUT2D eigenvalue weighted by molar-refractivity contribution is -0.121. The van der Waals surface area contributed by atoms with Gasteiger partial charge in [-0.05, 0) is 30.7 Å². The van der Waals surface area contributed by atoms with Gasteiger partial charge in [0.15, 0.2) is 11.7 Å². The molecule has 24 heavy (non-hydrogen) atoms. The summed E-state index contributed by atoms with van der Waals surface area (Å²) in [4.78, 5) is 16.1. The second kappa shape index (κ2) is 7.40. The van der Waals surface area contributed by atoms with Crippen molar-refractivity contribution in [2.24, 2.45) is 5.92 Å². The van der Waals surface area contributed by atoms with E-state index in [0.717, 1.165) is 12.0 Å². The molecular weight excluding hydrogens is 311 g/mol. The molecule has 0 spiro atoms. The van der Waals surface area contributed by atoms with Crippen LogP contribution >= 0.6 is 0 Å². The normalized spacial score (nSPS) is 19.6. The van der Waals surface area contributed by atoms with Gasteiger partial charge in [-0.15, -0.1) is 0 Å². The number of amides is 1. The van der Waals surface area contributed by atoms with Gasteiger partial charge in [-0.3, -0.25) is 4.79 Å². The molecule has 1 heterocycles. The maximum Gasteiger partial charge on any atom is 0.220 e. The number of halogens is 1. The molecule has 5 nitrogen and oxygen atoms in total. The number of hydrogen-bond donors (Lipinski definition) is 2. The van der Waals surface area contributed by atoms with E-state index in [1.165, 1.54) is 12.1 Å². The maximum atomic E-state index is 12.9. The Balaban J connectivity index is 1.49. The van der Waals surface area contributed by atoms with E-state index in [0.29, 0.717) is 18.1 Å². The van der Waals surface area contributed by atoms with E-state index in [2.05, 4.69) is 10.3 Å². The molecular formula is C18H19FN2O3. The highest BCUT2D eigenvalue weighted by molar-refractivity contribution is 5.76. The molecule has 1 aromatic carbocycles. The fourth-order valence-electron chi connectivity index (χ4n) is 2.69. The summed E-state index contributed by atoms with van der Waals surface area (Å²) in [6.07, 6.45) is 6.82. The monoisotopic (exact) mass is 330 g/mol. The molecule has 0 aliphatic heterocycles. The Bertz CT molecular complexity index is 724. The largest absolute Gasteiger partial charge is 0.441 e. The first-order valence-electron chi connectivity index (χ1n) is 7.93. The van der Waals surface area contributed by atoms with Gasteiger partial charge < -0.3 is 14.8 Å². The zero-order valence-corrected chi connectivity index (χ0v) is 13.1. The molecule has 6 heteroatoms. The molecule has 3 rings (SSSR count). The van der Waals surface area contributed by atoms with Gasteiger partial charge in [-0.1, -0.05) is 12.2 Å². The van der Waals surface area contributed by atoms with Crippen molar-refractivity contribution < 1.29 is 18.7 Å². The molecule has 1 aliphatic carbocycles. The van der Waals surface area contributed by atoms with E-state index in [-0.39, 0.29) is 36.7 Å². The molecule has 0 bridgehead atoms. The van der Waals surface area contributed by atoms with Crippen LogP contribution in [-0.4, -0.2) is 28.6 Å². The molecule has 2 atom stereocenters. The minimum absolute atomic E-state index is 0.0195. The fourth-order valence-corrected chi connectivity index (χ4v) is 2.69. The van der Waals surface area contributed by atoms with Crippen LogP contribution in [0.15, 0.2) is 47.0 Å². The maximum absolute atomic E-state index is 12.9. The van der Waals surface area contributed by atoms with Crippen LogP contribution < -0.4 is 5.32 Å². The highest BCUT2D eigenvalue weighted by atomic mass is 19.1. The van der Waals surface area contributed by atoms with Crippen molar-refractivity contribution in [1.82, 2.24) is 10.3 Å². The fraction of sp³-hybridized carbons (Fsp3) is 0.333. The lowest BCUT2D eigenvalue weighted by Crippen LogP contribution is -2.33. The summed E-state index contributed by atoms with van der Waals surface area (Å²) in [5.41, 5.74) is 0.741. The van der Waals surface area contributed by atoms with Gasteiger partial charge >= 0.3 is 0 Å². The van der Waals surface area contributed by atoms with Gasteiger partial charge in [-0.2, -0.15) is 0 Å². The zero-order chi connectivity index (χ0) is 16.9. The van der Waals surface area contributed by atoms with Crippen LogP contribution in [0.4, 0.5) is 4.39 Å². The van der Waals surface area contributed by atoms with E-state index in [1.54, 1.807) is 18.3 Å². The Hall–Kier alpha value is -2.47. The van der Waals surface area contributed by atoms with Gasteiger partial charge in [0.05, 0.1) is 6.20 Å². The van der Waals surface area contributed by atoms with Gasteiger partial charge in [0.25, 0.3) is 0 Å².